The Morgan fingerprint density at radius 2 is 2.00 bits per heavy atom. The summed E-state index contributed by atoms with van der Waals surface area (Å²) >= 11 is 5.04. The van der Waals surface area contributed by atoms with E-state index in [0.717, 1.165) is 11.1 Å². The van der Waals surface area contributed by atoms with Crippen molar-refractivity contribution in [2.24, 2.45) is 5.73 Å². The van der Waals surface area contributed by atoms with Gasteiger partial charge in [-0.2, -0.15) is 0 Å². The Morgan fingerprint density at radius 3 is 2.68 bits per heavy atom. The molecule has 1 aromatic carbocycles. The van der Waals surface area contributed by atoms with Crippen molar-refractivity contribution in [3.05, 3.63) is 53.0 Å². The molecule has 1 heterocycles. The highest BCUT2D eigenvalue weighted by Crippen LogP contribution is 2.24. The van der Waals surface area contributed by atoms with Crippen molar-refractivity contribution >= 4 is 28.7 Å². The lowest BCUT2D eigenvalue weighted by atomic mass is 10.1. The van der Waals surface area contributed by atoms with Crippen molar-refractivity contribution in [2.75, 3.05) is 5.32 Å². The lowest BCUT2D eigenvalue weighted by Crippen LogP contribution is -2.15. The monoisotopic (exact) mass is 275 g/mol. The summed E-state index contributed by atoms with van der Waals surface area (Å²) in [6, 6.07) is 6.37. The summed E-state index contributed by atoms with van der Waals surface area (Å²) in [5, 5.41) is 3.09. The molecule has 98 valence electrons. The normalized spacial score (nSPS) is 10.3. The molecule has 0 amide bonds. The molecule has 0 aliphatic heterocycles. The van der Waals surface area contributed by atoms with Crippen LogP contribution in [-0.2, 0) is 0 Å². The first-order valence-electron chi connectivity index (χ1n) is 5.77. The highest BCUT2D eigenvalue weighted by molar-refractivity contribution is 7.80. The zero-order valence-corrected chi connectivity index (χ0v) is 11.5. The number of hydrogen-bond donors (Lipinski definition) is 2. The fraction of sp³-hybridized carbons (Fsp3) is 0.143. The van der Waals surface area contributed by atoms with E-state index in [9.17, 15) is 4.39 Å². The second-order valence-corrected chi connectivity index (χ2v) is 4.74. The number of aryl methyl sites for hydroxylation is 2. The number of pyridine rings is 1. The van der Waals surface area contributed by atoms with Gasteiger partial charge < -0.3 is 11.1 Å². The van der Waals surface area contributed by atoms with Gasteiger partial charge in [0.1, 0.15) is 16.6 Å². The SMILES string of the molecule is Cc1ccc(F)cc1Nc1nccc(C)c1C(N)=S. The van der Waals surface area contributed by atoms with Crippen LogP contribution in [0.15, 0.2) is 30.5 Å². The number of anilines is 2. The Kier molecular flexibility index (Phi) is 3.76. The van der Waals surface area contributed by atoms with Gasteiger partial charge in [0.2, 0.25) is 0 Å². The van der Waals surface area contributed by atoms with Crippen LogP contribution in [0, 0.1) is 19.7 Å². The topological polar surface area (TPSA) is 50.9 Å². The van der Waals surface area contributed by atoms with Gasteiger partial charge in [-0.1, -0.05) is 18.3 Å². The van der Waals surface area contributed by atoms with Gasteiger partial charge >= 0.3 is 0 Å². The van der Waals surface area contributed by atoms with Crippen molar-refractivity contribution in [3.8, 4) is 0 Å². The minimum atomic E-state index is -0.308. The highest BCUT2D eigenvalue weighted by Gasteiger charge is 2.11. The van der Waals surface area contributed by atoms with E-state index >= 15 is 0 Å². The van der Waals surface area contributed by atoms with Crippen molar-refractivity contribution in [3.63, 3.8) is 0 Å². The summed E-state index contributed by atoms with van der Waals surface area (Å²) < 4.78 is 13.3. The molecule has 0 saturated carbocycles. The van der Waals surface area contributed by atoms with Crippen molar-refractivity contribution in [1.29, 1.82) is 0 Å². The largest absolute Gasteiger partial charge is 0.389 e. The molecule has 1 aromatic heterocycles. The van der Waals surface area contributed by atoms with Gasteiger partial charge in [0, 0.05) is 11.9 Å². The molecule has 2 rings (SSSR count). The van der Waals surface area contributed by atoms with Crippen LogP contribution in [0.1, 0.15) is 16.7 Å². The first-order chi connectivity index (χ1) is 8.99. The number of nitrogens with zero attached hydrogens (tertiary/aromatic N) is 1. The van der Waals surface area contributed by atoms with Crippen LogP contribution in [0.25, 0.3) is 0 Å². The summed E-state index contributed by atoms with van der Waals surface area (Å²) in [6.07, 6.45) is 1.66. The molecule has 0 aliphatic rings. The van der Waals surface area contributed by atoms with Crippen LogP contribution in [0.2, 0.25) is 0 Å². The minimum Gasteiger partial charge on any atom is -0.389 e. The molecule has 0 aliphatic carbocycles. The molecule has 0 unspecified atom stereocenters. The van der Waals surface area contributed by atoms with Gasteiger partial charge in [0.15, 0.2) is 0 Å². The maximum absolute atomic E-state index is 13.3. The van der Waals surface area contributed by atoms with Gasteiger partial charge in [-0.25, -0.2) is 9.37 Å². The summed E-state index contributed by atoms with van der Waals surface area (Å²) in [5.74, 6) is 0.235. The highest BCUT2D eigenvalue weighted by atomic mass is 32.1. The minimum absolute atomic E-state index is 0.266. The third-order valence-electron chi connectivity index (χ3n) is 2.86. The van der Waals surface area contributed by atoms with Gasteiger partial charge in [-0.15, -0.1) is 0 Å². The predicted molar refractivity (Wildman–Crippen MR) is 79.3 cm³/mol. The Balaban J connectivity index is 2.46. The van der Waals surface area contributed by atoms with E-state index in [0.29, 0.717) is 17.1 Å². The van der Waals surface area contributed by atoms with E-state index < -0.39 is 0 Å². The van der Waals surface area contributed by atoms with E-state index in [1.807, 2.05) is 19.9 Å². The number of aromatic nitrogens is 1. The smallest absolute Gasteiger partial charge is 0.140 e. The molecular formula is C14H14FN3S. The van der Waals surface area contributed by atoms with E-state index in [2.05, 4.69) is 10.3 Å². The van der Waals surface area contributed by atoms with Gasteiger partial charge in [0.25, 0.3) is 0 Å². The van der Waals surface area contributed by atoms with Crippen molar-refractivity contribution in [2.45, 2.75) is 13.8 Å². The molecular weight excluding hydrogens is 261 g/mol. The Labute approximate surface area is 116 Å². The predicted octanol–water partition coefficient (Wildman–Crippen LogP) is 3.22. The lowest BCUT2D eigenvalue weighted by Gasteiger charge is -2.14. The average molecular weight is 275 g/mol. The quantitative estimate of drug-likeness (QED) is 0.845. The van der Waals surface area contributed by atoms with E-state index in [1.54, 1.807) is 12.3 Å². The number of rotatable bonds is 3. The zero-order chi connectivity index (χ0) is 14.0. The first kappa shape index (κ1) is 13.4. The summed E-state index contributed by atoms with van der Waals surface area (Å²) in [4.78, 5) is 4.49. The van der Waals surface area contributed by atoms with Crippen LogP contribution >= 0.6 is 12.2 Å². The third-order valence-corrected chi connectivity index (χ3v) is 3.06. The molecule has 0 fully saturated rings. The van der Waals surface area contributed by atoms with Gasteiger partial charge in [0.05, 0.1) is 5.56 Å². The fourth-order valence-corrected chi connectivity index (χ4v) is 2.08. The molecule has 0 saturated heterocycles. The number of benzene rings is 1. The zero-order valence-electron chi connectivity index (χ0n) is 10.7. The van der Waals surface area contributed by atoms with Crippen LogP contribution in [0.3, 0.4) is 0 Å². The van der Waals surface area contributed by atoms with Crippen LogP contribution in [-0.4, -0.2) is 9.97 Å². The number of halogens is 1. The third kappa shape index (κ3) is 2.88. The number of thiocarbonyl (C=S) groups is 1. The second-order valence-electron chi connectivity index (χ2n) is 4.30. The molecule has 0 spiro atoms. The van der Waals surface area contributed by atoms with E-state index in [-0.39, 0.29) is 10.8 Å². The van der Waals surface area contributed by atoms with Crippen LogP contribution in [0.5, 0.6) is 0 Å². The Hall–Kier alpha value is -2.01. The van der Waals surface area contributed by atoms with E-state index in [1.165, 1.54) is 12.1 Å². The van der Waals surface area contributed by atoms with Crippen molar-refractivity contribution in [1.82, 2.24) is 4.98 Å². The molecule has 3 N–H and O–H groups in total. The Morgan fingerprint density at radius 1 is 1.26 bits per heavy atom. The number of nitrogens with one attached hydrogen (secondary N) is 1. The van der Waals surface area contributed by atoms with Crippen molar-refractivity contribution < 1.29 is 4.39 Å². The van der Waals surface area contributed by atoms with E-state index in [4.69, 9.17) is 18.0 Å². The standard InChI is InChI=1S/C14H14FN3S/c1-8-3-4-10(15)7-11(8)18-14-12(13(16)19)9(2)5-6-17-14/h3-7H,1-2H3,(H2,16,19)(H,17,18). The molecule has 0 atom stereocenters. The first-order valence-corrected chi connectivity index (χ1v) is 6.18. The molecule has 2 aromatic rings. The maximum Gasteiger partial charge on any atom is 0.140 e. The van der Waals surface area contributed by atoms with Gasteiger partial charge in [-0.3, -0.25) is 0 Å². The average Bonchev–Trinajstić information content (AvgIpc) is 2.33. The lowest BCUT2D eigenvalue weighted by molar-refractivity contribution is 0.628. The number of nitrogens with two attached hydrogens (primary N) is 1. The summed E-state index contributed by atoms with van der Waals surface area (Å²) in [6.45, 7) is 3.79. The summed E-state index contributed by atoms with van der Waals surface area (Å²) in [5.41, 5.74) is 8.89. The maximum atomic E-state index is 13.3. The molecule has 0 bridgehead atoms. The second kappa shape index (κ2) is 5.32. The van der Waals surface area contributed by atoms with Crippen LogP contribution in [0.4, 0.5) is 15.9 Å². The molecule has 5 heteroatoms. The molecule has 3 nitrogen and oxygen atoms in total. The Bertz CT molecular complexity index is 641. The van der Waals surface area contributed by atoms with Gasteiger partial charge in [-0.05, 0) is 43.2 Å². The fourth-order valence-electron chi connectivity index (χ4n) is 1.82. The molecule has 0 radical (unpaired) electrons. The summed E-state index contributed by atoms with van der Waals surface area (Å²) in [7, 11) is 0. The molecule has 19 heavy (non-hydrogen) atoms. The van der Waals surface area contributed by atoms with Crippen LogP contribution < -0.4 is 11.1 Å². The number of hydrogen-bond acceptors (Lipinski definition) is 3.